The summed E-state index contributed by atoms with van der Waals surface area (Å²) >= 11 is 0. The molecular formula is C12H12BNO5. The summed E-state index contributed by atoms with van der Waals surface area (Å²) in [6.07, 6.45) is -0.515. The monoisotopic (exact) mass is 261 g/mol. The fourth-order valence-electron chi connectivity index (χ4n) is 2.31. The zero-order valence-corrected chi connectivity index (χ0v) is 10.3. The van der Waals surface area contributed by atoms with Crippen LogP contribution in [0.3, 0.4) is 0 Å². The van der Waals surface area contributed by atoms with Gasteiger partial charge in [-0.05, 0) is 30.1 Å². The smallest absolute Gasteiger partial charge is 0.313 e. The molecule has 1 aliphatic heterocycles. The highest BCUT2D eigenvalue weighted by atomic mass is 16.6. The van der Waals surface area contributed by atoms with E-state index >= 15 is 0 Å². The highest BCUT2D eigenvalue weighted by molar-refractivity contribution is 6.49. The number of benzene rings is 1. The van der Waals surface area contributed by atoms with Crippen molar-refractivity contribution < 1.29 is 24.4 Å². The number of aliphatic carboxylic acids is 1. The quantitative estimate of drug-likeness (QED) is 0.710. The molecule has 0 saturated carbocycles. The molecule has 1 aromatic carbocycles. The summed E-state index contributed by atoms with van der Waals surface area (Å²) in [7, 11) is 0.115. The minimum absolute atomic E-state index is 0.0710. The highest BCUT2D eigenvalue weighted by Crippen LogP contribution is 2.33. The van der Waals surface area contributed by atoms with E-state index in [1.165, 1.54) is 0 Å². The number of carboxylic acid groups (broad SMARTS) is 1. The van der Waals surface area contributed by atoms with Gasteiger partial charge in [-0.15, -0.1) is 0 Å². The number of aliphatic hydroxyl groups is 1. The second kappa shape index (κ2) is 4.92. The number of carbonyl (C=O) groups is 1. The van der Waals surface area contributed by atoms with Crippen LogP contribution in [0.25, 0.3) is 0 Å². The van der Waals surface area contributed by atoms with Gasteiger partial charge in [-0.1, -0.05) is 0 Å². The Labute approximate surface area is 110 Å². The van der Waals surface area contributed by atoms with Crippen LogP contribution in [0.15, 0.2) is 12.1 Å². The van der Waals surface area contributed by atoms with Gasteiger partial charge in [0.25, 0.3) is 0 Å². The molecular weight excluding hydrogens is 249 g/mol. The van der Waals surface area contributed by atoms with Crippen molar-refractivity contribution >= 4 is 18.9 Å². The standard InChI is InChI=1S/C12H12BNO5/c1-7-4-8(18-3-2-14)5-9-11(7)12(17,19-13-9)6-10(15)16/h4-5,13,17H,3,6H2,1H3,(H,15,16). The normalized spacial score (nSPS) is 20.3. The van der Waals surface area contributed by atoms with Gasteiger partial charge in [-0.25, -0.2) is 0 Å². The van der Waals surface area contributed by atoms with E-state index in [1.807, 2.05) is 6.07 Å². The largest absolute Gasteiger partial charge is 0.481 e. The molecule has 0 aromatic heterocycles. The molecule has 0 spiro atoms. The summed E-state index contributed by atoms with van der Waals surface area (Å²) in [6, 6.07) is 5.17. The molecule has 98 valence electrons. The van der Waals surface area contributed by atoms with Crippen LogP contribution in [0, 0.1) is 18.3 Å². The molecule has 0 amide bonds. The van der Waals surface area contributed by atoms with Crippen molar-refractivity contribution in [2.75, 3.05) is 6.61 Å². The van der Waals surface area contributed by atoms with Crippen molar-refractivity contribution in [2.45, 2.75) is 19.1 Å². The molecule has 7 heteroatoms. The molecule has 0 radical (unpaired) electrons. The lowest BCUT2D eigenvalue weighted by molar-refractivity contribution is -0.169. The molecule has 2 N–H and O–H groups in total. The molecule has 19 heavy (non-hydrogen) atoms. The average Bonchev–Trinajstić information content (AvgIpc) is 2.63. The summed E-state index contributed by atoms with van der Waals surface area (Å²) in [4.78, 5) is 10.8. The van der Waals surface area contributed by atoms with E-state index < -0.39 is 18.2 Å². The van der Waals surface area contributed by atoms with Gasteiger partial charge in [0.05, 0.1) is 0 Å². The topological polar surface area (TPSA) is 99.8 Å². The van der Waals surface area contributed by atoms with Gasteiger partial charge >= 0.3 is 13.5 Å². The van der Waals surface area contributed by atoms with Crippen LogP contribution in [0.5, 0.6) is 5.75 Å². The lowest BCUT2D eigenvalue weighted by Crippen LogP contribution is -2.30. The van der Waals surface area contributed by atoms with Crippen molar-refractivity contribution in [3.05, 3.63) is 23.3 Å². The van der Waals surface area contributed by atoms with E-state index in [9.17, 15) is 9.90 Å². The summed E-state index contributed by atoms with van der Waals surface area (Å²) < 4.78 is 10.4. The molecule has 1 unspecified atom stereocenters. The number of rotatable bonds is 4. The number of nitrogens with zero attached hydrogens (tertiary/aromatic N) is 1. The summed E-state index contributed by atoms with van der Waals surface area (Å²) in [5.41, 5.74) is 1.82. The van der Waals surface area contributed by atoms with Gasteiger partial charge in [0.1, 0.15) is 18.2 Å². The first-order valence-electron chi connectivity index (χ1n) is 5.68. The van der Waals surface area contributed by atoms with Crippen molar-refractivity contribution in [1.82, 2.24) is 0 Å². The fraction of sp³-hybridized carbons (Fsp3) is 0.333. The molecule has 6 nitrogen and oxygen atoms in total. The van der Waals surface area contributed by atoms with E-state index in [1.54, 1.807) is 19.1 Å². The lowest BCUT2D eigenvalue weighted by Gasteiger charge is -2.24. The molecule has 0 aliphatic carbocycles. The number of fused-ring (bicyclic) bond motifs is 1. The number of hydrogen-bond donors (Lipinski definition) is 2. The molecule has 1 aliphatic rings. The van der Waals surface area contributed by atoms with Gasteiger partial charge < -0.3 is 19.6 Å². The molecule has 0 saturated heterocycles. The third-order valence-electron chi connectivity index (χ3n) is 2.94. The average molecular weight is 261 g/mol. The molecule has 0 fully saturated rings. The number of hydrogen-bond acceptors (Lipinski definition) is 5. The SMILES string of the molecule is Cc1cc(OCC#N)cc2c1C(O)(CC(=O)O)OB2. The summed E-state index contributed by atoms with van der Waals surface area (Å²) in [6.45, 7) is 1.66. The predicted octanol–water partition coefficient (Wildman–Crippen LogP) is -0.476. The maximum atomic E-state index is 10.8. The van der Waals surface area contributed by atoms with E-state index in [0.29, 0.717) is 22.3 Å². The van der Waals surface area contributed by atoms with Crippen LogP contribution in [0.4, 0.5) is 0 Å². The van der Waals surface area contributed by atoms with Gasteiger partial charge in [-0.3, -0.25) is 4.79 Å². The Bertz CT molecular complexity index is 568. The third kappa shape index (κ3) is 2.55. The zero-order chi connectivity index (χ0) is 14.0. The van der Waals surface area contributed by atoms with Gasteiger partial charge in [0.2, 0.25) is 0 Å². The van der Waals surface area contributed by atoms with Crippen LogP contribution in [-0.2, 0) is 15.2 Å². The first-order valence-corrected chi connectivity index (χ1v) is 5.68. The maximum Gasteiger partial charge on any atom is 0.313 e. The Morgan fingerprint density at radius 2 is 2.37 bits per heavy atom. The Kier molecular flexibility index (Phi) is 3.47. The van der Waals surface area contributed by atoms with Gasteiger partial charge in [0.15, 0.2) is 12.4 Å². The third-order valence-corrected chi connectivity index (χ3v) is 2.94. The Morgan fingerprint density at radius 1 is 1.63 bits per heavy atom. The lowest BCUT2D eigenvalue weighted by atomic mass is 9.83. The van der Waals surface area contributed by atoms with Crippen LogP contribution >= 0.6 is 0 Å². The first kappa shape index (κ1) is 13.4. The zero-order valence-electron chi connectivity index (χ0n) is 10.3. The van der Waals surface area contributed by atoms with Crippen molar-refractivity contribution in [2.24, 2.45) is 0 Å². The molecule has 1 atom stereocenters. The van der Waals surface area contributed by atoms with Crippen molar-refractivity contribution in [1.29, 1.82) is 5.26 Å². The van der Waals surface area contributed by atoms with Crippen LogP contribution in [0.1, 0.15) is 17.5 Å². The van der Waals surface area contributed by atoms with Crippen LogP contribution in [-0.4, -0.2) is 30.3 Å². The van der Waals surface area contributed by atoms with Crippen LogP contribution in [0.2, 0.25) is 0 Å². The van der Waals surface area contributed by atoms with E-state index in [4.69, 9.17) is 19.8 Å². The second-order valence-electron chi connectivity index (χ2n) is 4.36. The fourth-order valence-corrected chi connectivity index (χ4v) is 2.31. The molecule has 1 heterocycles. The predicted molar refractivity (Wildman–Crippen MR) is 66.3 cm³/mol. The second-order valence-corrected chi connectivity index (χ2v) is 4.36. The highest BCUT2D eigenvalue weighted by Gasteiger charge is 2.42. The molecule has 1 aromatic rings. The number of ether oxygens (including phenoxy) is 1. The van der Waals surface area contributed by atoms with E-state index in [2.05, 4.69) is 0 Å². The number of aryl methyl sites for hydroxylation is 1. The maximum absolute atomic E-state index is 10.8. The van der Waals surface area contributed by atoms with Gasteiger partial charge in [-0.2, -0.15) is 5.26 Å². The van der Waals surface area contributed by atoms with Crippen molar-refractivity contribution in [3.63, 3.8) is 0 Å². The summed E-state index contributed by atoms with van der Waals surface area (Å²) in [5.74, 6) is -2.43. The van der Waals surface area contributed by atoms with E-state index in [-0.39, 0.29) is 14.1 Å². The minimum Gasteiger partial charge on any atom is -0.481 e. The molecule has 0 bridgehead atoms. The number of nitriles is 1. The van der Waals surface area contributed by atoms with Crippen LogP contribution < -0.4 is 10.2 Å². The van der Waals surface area contributed by atoms with Crippen molar-refractivity contribution in [3.8, 4) is 11.8 Å². The van der Waals surface area contributed by atoms with Gasteiger partial charge in [0, 0.05) is 5.56 Å². The summed E-state index contributed by atoms with van der Waals surface area (Å²) in [5, 5.41) is 27.6. The first-order chi connectivity index (χ1) is 8.96. The Hall–Kier alpha value is -2.04. The Balaban J connectivity index is 2.37. The minimum atomic E-state index is -1.79. The van der Waals surface area contributed by atoms with E-state index in [0.717, 1.165) is 0 Å². The number of carboxylic acids is 1. The Morgan fingerprint density at radius 3 is 3.00 bits per heavy atom. The molecule has 2 rings (SSSR count).